The van der Waals surface area contributed by atoms with Gasteiger partial charge in [-0.2, -0.15) is 0 Å². The Balaban J connectivity index is 3.92. The number of hydrogen-bond acceptors (Lipinski definition) is 8. The van der Waals surface area contributed by atoms with Crippen LogP contribution in [0, 0.1) is 11.3 Å². The molecule has 1 atom stereocenters. The summed E-state index contributed by atoms with van der Waals surface area (Å²) in [6.07, 6.45) is 2.94. The molecule has 10 heteroatoms. The van der Waals surface area contributed by atoms with Gasteiger partial charge in [0.2, 0.25) is 0 Å². The number of carbonyl (C=O) groups excluding carboxylic acids is 2. The molecule has 0 radical (unpaired) electrons. The average molecular weight is 471 g/mol. The minimum atomic E-state index is -0.525. The topological polar surface area (TPSA) is 114 Å². The Morgan fingerprint density at radius 3 is 1.79 bits per heavy atom. The Morgan fingerprint density at radius 2 is 1.30 bits per heavy atom. The van der Waals surface area contributed by atoms with E-state index >= 15 is 0 Å². The Morgan fingerprint density at radius 1 is 0.848 bits per heavy atom. The normalized spacial score (nSPS) is 11.2. The van der Waals surface area contributed by atoms with Gasteiger partial charge < -0.3 is 39.1 Å². The minimum absolute atomic E-state index is 0.0629. The summed E-state index contributed by atoms with van der Waals surface area (Å²) in [5, 5.41) is 5.45. The summed E-state index contributed by atoms with van der Waals surface area (Å²) in [4.78, 5) is 23.5. The summed E-state index contributed by atoms with van der Waals surface area (Å²) in [5.41, 5.74) is -0.158. The number of amides is 2. The lowest BCUT2D eigenvalue weighted by atomic mass is 9.82. The fourth-order valence-corrected chi connectivity index (χ4v) is 2.79. The molecule has 0 fully saturated rings. The van der Waals surface area contributed by atoms with Crippen LogP contribution in [-0.2, 0) is 28.4 Å². The maximum atomic E-state index is 11.8. The third-order valence-electron chi connectivity index (χ3n) is 4.11. The van der Waals surface area contributed by atoms with E-state index in [1.54, 1.807) is 0 Å². The fourth-order valence-electron chi connectivity index (χ4n) is 2.79. The molecule has 0 saturated heterocycles. The predicted octanol–water partition coefficient (Wildman–Crippen LogP) is 4.18. The maximum Gasteiger partial charge on any atom is 0.407 e. The van der Waals surface area contributed by atoms with Crippen LogP contribution in [0.1, 0.15) is 33.6 Å². The molecular weight excluding hydrogens is 432 g/mol. The van der Waals surface area contributed by atoms with Crippen molar-refractivity contribution in [3.05, 3.63) is 50.7 Å². The largest absolute Gasteiger partial charge is 0.462 e. The summed E-state index contributed by atoms with van der Waals surface area (Å²) in [6, 6.07) is 0. The first-order chi connectivity index (χ1) is 15.6. The molecule has 2 amide bonds. The summed E-state index contributed by atoms with van der Waals surface area (Å²) in [7, 11) is 0. The molecule has 2 N–H and O–H groups in total. The van der Waals surface area contributed by atoms with Crippen LogP contribution in [0.2, 0.25) is 0 Å². The van der Waals surface area contributed by atoms with Crippen molar-refractivity contribution in [3.63, 3.8) is 0 Å². The molecule has 0 saturated carbocycles. The molecule has 0 rings (SSSR count). The van der Waals surface area contributed by atoms with E-state index in [-0.39, 0.29) is 43.7 Å². The molecule has 0 aliphatic rings. The molecule has 0 aromatic rings. The van der Waals surface area contributed by atoms with E-state index in [2.05, 4.69) is 57.7 Å². The van der Waals surface area contributed by atoms with Crippen LogP contribution < -0.4 is 10.6 Å². The monoisotopic (exact) mass is 470 g/mol. The van der Waals surface area contributed by atoms with Crippen LogP contribution in [0.5, 0.6) is 0 Å². The first-order valence-electron chi connectivity index (χ1n) is 10.6. The molecule has 188 valence electrons. The van der Waals surface area contributed by atoms with Gasteiger partial charge in [0.05, 0.1) is 12.5 Å². The van der Waals surface area contributed by atoms with Crippen molar-refractivity contribution in [1.82, 2.24) is 10.6 Å². The Bertz CT molecular complexity index is 648. The molecule has 0 heterocycles. The second kappa shape index (κ2) is 17.3. The predicted molar refractivity (Wildman–Crippen MR) is 124 cm³/mol. The third kappa shape index (κ3) is 18.0. The van der Waals surface area contributed by atoms with Crippen LogP contribution in [0.15, 0.2) is 50.7 Å². The average Bonchev–Trinajstić information content (AvgIpc) is 2.73. The van der Waals surface area contributed by atoms with Gasteiger partial charge in [0.1, 0.15) is 26.4 Å². The van der Waals surface area contributed by atoms with Gasteiger partial charge in [-0.15, -0.1) is 0 Å². The van der Waals surface area contributed by atoms with Crippen molar-refractivity contribution in [2.75, 3.05) is 39.5 Å². The van der Waals surface area contributed by atoms with Crippen LogP contribution in [0.3, 0.4) is 0 Å². The van der Waals surface area contributed by atoms with Gasteiger partial charge in [0, 0.05) is 13.1 Å². The van der Waals surface area contributed by atoms with Crippen LogP contribution in [0.4, 0.5) is 9.59 Å². The Hall–Kier alpha value is -3.30. The molecule has 0 aliphatic heterocycles. The van der Waals surface area contributed by atoms with Gasteiger partial charge in [0.15, 0.2) is 0 Å². The smallest absolute Gasteiger partial charge is 0.407 e. The van der Waals surface area contributed by atoms with Crippen LogP contribution in [-0.4, -0.2) is 51.7 Å². The number of carbonyl (C=O) groups is 2. The number of ether oxygens (including phenoxy) is 6. The molecule has 33 heavy (non-hydrogen) atoms. The summed E-state index contributed by atoms with van der Waals surface area (Å²) in [6.45, 7) is 21.2. The van der Waals surface area contributed by atoms with Crippen molar-refractivity contribution in [2.45, 2.75) is 33.6 Å². The van der Waals surface area contributed by atoms with Crippen molar-refractivity contribution in [1.29, 1.82) is 0 Å². The van der Waals surface area contributed by atoms with Crippen molar-refractivity contribution >= 4 is 12.2 Å². The standard InChI is InChI=1S/C23H38N2O8/c1-8-28-19(4)30-12-14-32-21(26)24-11-10-18(3)16-23(6,7)17-25-22(27)33-15-13-31-20(5)29-9-2/h8-9,18H,1-2,4-5,10-17H2,3,6-7H3,(H,24,26)(H,25,27). The molecule has 0 spiro atoms. The highest BCUT2D eigenvalue weighted by Gasteiger charge is 2.22. The van der Waals surface area contributed by atoms with E-state index in [9.17, 15) is 9.59 Å². The SMILES string of the molecule is C=COC(=C)OCCOC(=O)NCCC(C)CC(C)(C)CNC(=O)OCCOC(=C)OC=C. The summed E-state index contributed by atoms with van der Waals surface area (Å²) < 4.78 is 29.8. The van der Waals surface area contributed by atoms with Crippen molar-refractivity contribution < 1.29 is 38.0 Å². The molecule has 0 aliphatic carbocycles. The van der Waals surface area contributed by atoms with E-state index in [1.807, 2.05) is 0 Å². The van der Waals surface area contributed by atoms with E-state index in [4.69, 9.17) is 28.4 Å². The van der Waals surface area contributed by atoms with Crippen LogP contribution >= 0.6 is 0 Å². The first kappa shape index (κ1) is 29.7. The van der Waals surface area contributed by atoms with E-state index < -0.39 is 12.2 Å². The molecule has 10 nitrogen and oxygen atoms in total. The lowest BCUT2D eigenvalue weighted by Crippen LogP contribution is -2.36. The number of hydrogen-bond donors (Lipinski definition) is 2. The van der Waals surface area contributed by atoms with Crippen molar-refractivity contribution in [3.8, 4) is 0 Å². The van der Waals surface area contributed by atoms with Gasteiger partial charge >= 0.3 is 12.2 Å². The quantitative estimate of drug-likeness (QED) is 0.214. The number of nitrogens with one attached hydrogen (secondary N) is 2. The Kier molecular flexibility index (Phi) is 15.6. The Labute approximate surface area is 196 Å². The molecular formula is C23H38N2O8. The lowest BCUT2D eigenvalue weighted by Gasteiger charge is -2.28. The third-order valence-corrected chi connectivity index (χ3v) is 4.11. The zero-order chi connectivity index (χ0) is 25.1. The first-order valence-corrected chi connectivity index (χ1v) is 10.6. The number of alkyl carbamates (subject to hydrolysis) is 2. The zero-order valence-electron chi connectivity index (χ0n) is 20.0. The van der Waals surface area contributed by atoms with E-state index in [0.717, 1.165) is 12.8 Å². The van der Waals surface area contributed by atoms with Gasteiger partial charge in [-0.1, -0.05) is 33.9 Å². The van der Waals surface area contributed by atoms with Crippen LogP contribution in [0.25, 0.3) is 0 Å². The fraction of sp³-hybridized carbons (Fsp3) is 0.565. The molecule has 0 bridgehead atoms. The van der Waals surface area contributed by atoms with E-state index in [1.165, 1.54) is 12.5 Å². The second-order valence-electron chi connectivity index (χ2n) is 7.82. The molecule has 0 aromatic carbocycles. The van der Waals surface area contributed by atoms with Gasteiger partial charge in [-0.05, 0) is 37.3 Å². The highest BCUT2D eigenvalue weighted by molar-refractivity contribution is 5.67. The van der Waals surface area contributed by atoms with Gasteiger partial charge in [-0.25, -0.2) is 9.59 Å². The van der Waals surface area contributed by atoms with Gasteiger partial charge in [0.25, 0.3) is 11.9 Å². The highest BCUT2D eigenvalue weighted by atomic mass is 16.7. The van der Waals surface area contributed by atoms with Gasteiger partial charge in [-0.3, -0.25) is 0 Å². The number of rotatable bonds is 19. The second-order valence-corrected chi connectivity index (χ2v) is 7.82. The highest BCUT2D eigenvalue weighted by Crippen LogP contribution is 2.26. The molecule has 0 aromatic heterocycles. The van der Waals surface area contributed by atoms with E-state index in [0.29, 0.717) is 19.0 Å². The minimum Gasteiger partial charge on any atom is -0.462 e. The van der Waals surface area contributed by atoms with Crippen molar-refractivity contribution in [2.24, 2.45) is 11.3 Å². The molecule has 1 unspecified atom stereocenters. The summed E-state index contributed by atoms with van der Waals surface area (Å²) >= 11 is 0. The summed E-state index contributed by atoms with van der Waals surface area (Å²) in [5.74, 6) is 0.481. The maximum absolute atomic E-state index is 11.8. The lowest BCUT2D eigenvalue weighted by molar-refractivity contribution is 0.0491. The zero-order valence-corrected chi connectivity index (χ0v) is 20.0.